The van der Waals surface area contributed by atoms with Crippen LogP contribution in [0, 0.1) is 5.92 Å². The average Bonchev–Trinajstić information content (AvgIpc) is 2.82. The Bertz CT molecular complexity index is 894. The molecule has 3 rings (SSSR count). The third-order valence-electron chi connectivity index (χ3n) is 6.10. The van der Waals surface area contributed by atoms with Crippen molar-refractivity contribution in [1.29, 1.82) is 0 Å². The molecular formula is C26H34Cl3NO4. The lowest BCUT2D eigenvalue weighted by atomic mass is 9.78. The minimum absolute atomic E-state index is 0.0260. The van der Waals surface area contributed by atoms with Crippen molar-refractivity contribution in [3.63, 3.8) is 0 Å². The molecule has 0 aliphatic carbocycles. The molecule has 0 saturated carbocycles. The molecule has 2 aromatic rings. The number of aliphatic hydroxyl groups is 1. The lowest BCUT2D eigenvalue weighted by Gasteiger charge is -2.29. The van der Waals surface area contributed by atoms with Crippen molar-refractivity contribution in [2.75, 3.05) is 51.9 Å². The van der Waals surface area contributed by atoms with Gasteiger partial charge in [-0.25, -0.2) is 0 Å². The molecule has 1 N–H and O–H groups in total. The van der Waals surface area contributed by atoms with Crippen LogP contribution in [0.2, 0.25) is 10.0 Å². The summed E-state index contributed by atoms with van der Waals surface area (Å²) >= 11 is 18.6. The Morgan fingerprint density at radius 1 is 1.00 bits per heavy atom. The number of rotatable bonds is 11. The molecule has 1 aliphatic rings. The summed E-state index contributed by atoms with van der Waals surface area (Å²) in [6, 6.07) is 11.9. The first-order valence-electron chi connectivity index (χ1n) is 11.6. The van der Waals surface area contributed by atoms with E-state index in [2.05, 4.69) is 37.8 Å². The number of morpholine rings is 1. The lowest BCUT2D eigenvalue weighted by molar-refractivity contribution is 0.0283. The minimum atomic E-state index is -0.784. The highest BCUT2D eigenvalue weighted by Gasteiger charge is 2.26. The molecule has 0 unspecified atom stereocenters. The lowest BCUT2D eigenvalue weighted by Crippen LogP contribution is -2.39. The summed E-state index contributed by atoms with van der Waals surface area (Å²) in [4.78, 5) is 2.43. The zero-order valence-electron chi connectivity index (χ0n) is 20.0. The van der Waals surface area contributed by atoms with Crippen LogP contribution < -0.4 is 9.47 Å². The zero-order chi connectivity index (χ0) is 24.7. The highest BCUT2D eigenvalue weighted by Crippen LogP contribution is 2.40. The van der Waals surface area contributed by atoms with Gasteiger partial charge in [-0.15, -0.1) is 11.6 Å². The highest BCUT2D eigenvalue weighted by molar-refractivity contribution is 6.37. The van der Waals surface area contributed by atoms with Gasteiger partial charge in [-0.2, -0.15) is 0 Å². The molecule has 1 saturated heterocycles. The van der Waals surface area contributed by atoms with Gasteiger partial charge in [-0.1, -0.05) is 56.1 Å². The summed E-state index contributed by atoms with van der Waals surface area (Å²) in [7, 11) is 0. The van der Waals surface area contributed by atoms with Gasteiger partial charge in [-0.05, 0) is 35.4 Å². The SMILES string of the molecule is C[C@H](COc1ccc(C(C)(C)c2cc(Cl)c(OC[C@H](O)CCl)c(Cl)c2)cc1)CN1CCOCC1. The Morgan fingerprint density at radius 3 is 2.21 bits per heavy atom. The van der Waals surface area contributed by atoms with Crippen LogP contribution in [-0.2, 0) is 10.2 Å². The normalized spacial score (nSPS) is 16.8. The predicted molar refractivity (Wildman–Crippen MR) is 139 cm³/mol. The molecule has 5 nitrogen and oxygen atoms in total. The molecule has 2 atom stereocenters. The number of hydrogen-bond acceptors (Lipinski definition) is 5. The average molecular weight is 531 g/mol. The van der Waals surface area contributed by atoms with Gasteiger partial charge in [0.25, 0.3) is 0 Å². The monoisotopic (exact) mass is 529 g/mol. The summed E-state index contributed by atoms with van der Waals surface area (Å²) in [5, 5.41) is 10.4. The fourth-order valence-corrected chi connectivity index (χ4v) is 4.62. The van der Waals surface area contributed by atoms with Crippen LogP contribution in [0.4, 0.5) is 0 Å². The number of hydrogen-bond donors (Lipinski definition) is 1. The van der Waals surface area contributed by atoms with Crippen LogP contribution in [0.25, 0.3) is 0 Å². The summed E-state index contributed by atoms with van der Waals surface area (Å²) in [5.74, 6) is 1.71. The Hall–Kier alpha value is -1.21. The Labute approximate surface area is 217 Å². The largest absolute Gasteiger partial charge is 0.493 e. The van der Waals surface area contributed by atoms with Crippen LogP contribution in [0.3, 0.4) is 0 Å². The van der Waals surface area contributed by atoms with Crippen LogP contribution in [0.1, 0.15) is 31.9 Å². The fourth-order valence-electron chi connectivity index (χ4n) is 3.93. The first-order valence-corrected chi connectivity index (χ1v) is 12.9. The molecule has 0 radical (unpaired) electrons. The van der Waals surface area contributed by atoms with Gasteiger partial charge in [0.2, 0.25) is 0 Å². The molecule has 0 amide bonds. The van der Waals surface area contributed by atoms with E-state index in [1.54, 1.807) is 0 Å². The second-order valence-electron chi connectivity index (χ2n) is 9.37. The van der Waals surface area contributed by atoms with E-state index < -0.39 is 6.10 Å². The maximum absolute atomic E-state index is 9.64. The molecule has 0 aromatic heterocycles. The van der Waals surface area contributed by atoms with Crippen LogP contribution in [0.15, 0.2) is 36.4 Å². The Balaban J connectivity index is 1.62. The molecule has 0 spiro atoms. The third kappa shape index (κ3) is 7.39. The van der Waals surface area contributed by atoms with Gasteiger partial charge in [0.05, 0.1) is 35.7 Å². The van der Waals surface area contributed by atoms with Crippen molar-refractivity contribution in [2.45, 2.75) is 32.3 Å². The molecule has 0 bridgehead atoms. The van der Waals surface area contributed by atoms with Gasteiger partial charge in [0.15, 0.2) is 5.75 Å². The topological polar surface area (TPSA) is 51.2 Å². The number of ether oxygens (including phenoxy) is 3. The molecule has 34 heavy (non-hydrogen) atoms. The summed E-state index contributed by atoms with van der Waals surface area (Å²) in [6.07, 6.45) is -0.784. The number of benzene rings is 2. The van der Waals surface area contributed by atoms with E-state index in [1.807, 2.05) is 24.3 Å². The van der Waals surface area contributed by atoms with Crippen molar-refractivity contribution in [3.8, 4) is 11.5 Å². The van der Waals surface area contributed by atoms with Gasteiger partial charge < -0.3 is 19.3 Å². The van der Waals surface area contributed by atoms with E-state index in [4.69, 9.17) is 49.0 Å². The predicted octanol–water partition coefficient (Wildman–Crippen LogP) is 5.64. The van der Waals surface area contributed by atoms with Gasteiger partial charge in [0.1, 0.15) is 18.5 Å². The Kier molecular flexibility index (Phi) is 10.2. The maximum Gasteiger partial charge on any atom is 0.156 e. The molecule has 8 heteroatoms. The molecular weight excluding hydrogens is 497 g/mol. The van der Waals surface area contributed by atoms with E-state index in [9.17, 15) is 5.11 Å². The van der Waals surface area contributed by atoms with Crippen LogP contribution in [-0.4, -0.2) is 68.1 Å². The summed E-state index contributed by atoms with van der Waals surface area (Å²) < 4.78 is 17.0. The quantitative estimate of drug-likeness (QED) is 0.381. The van der Waals surface area contributed by atoms with Crippen molar-refractivity contribution in [1.82, 2.24) is 4.90 Å². The smallest absolute Gasteiger partial charge is 0.156 e. The number of nitrogens with zero attached hydrogens (tertiary/aromatic N) is 1. The van der Waals surface area contributed by atoms with E-state index in [0.29, 0.717) is 28.3 Å². The van der Waals surface area contributed by atoms with Crippen LogP contribution >= 0.6 is 34.8 Å². The molecule has 2 aromatic carbocycles. The molecule has 1 heterocycles. The van der Waals surface area contributed by atoms with Crippen LogP contribution in [0.5, 0.6) is 11.5 Å². The summed E-state index contributed by atoms with van der Waals surface area (Å²) in [5.41, 5.74) is 1.73. The van der Waals surface area contributed by atoms with Crippen molar-refractivity contribution in [2.24, 2.45) is 5.92 Å². The van der Waals surface area contributed by atoms with Crippen molar-refractivity contribution >= 4 is 34.8 Å². The number of alkyl halides is 1. The maximum atomic E-state index is 9.64. The number of aliphatic hydroxyl groups excluding tert-OH is 1. The van der Waals surface area contributed by atoms with E-state index in [0.717, 1.165) is 49.7 Å². The standard InChI is InChI=1S/C26H34Cl3NO4/c1-18(15-30-8-10-32-11-9-30)16-33-22-6-4-19(5-7-22)26(2,3)20-12-23(28)25(24(29)13-20)34-17-21(31)14-27/h4-7,12-13,18,21,31H,8-11,14-17H2,1-3H3/t18-,21+/m0/s1. The zero-order valence-corrected chi connectivity index (χ0v) is 22.3. The minimum Gasteiger partial charge on any atom is -0.493 e. The Morgan fingerprint density at radius 2 is 1.62 bits per heavy atom. The first-order chi connectivity index (χ1) is 16.2. The van der Waals surface area contributed by atoms with Gasteiger partial charge >= 0.3 is 0 Å². The second-order valence-corrected chi connectivity index (χ2v) is 10.5. The highest BCUT2D eigenvalue weighted by atomic mass is 35.5. The van der Waals surface area contributed by atoms with E-state index in [-0.39, 0.29) is 17.9 Å². The first kappa shape index (κ1) is 27.4. The molecule has 188 valence electrons. The van der Waals surface area contributed by atoms with Gasteiger partial charge in [-0.3, -0.25) is 4.90 Å². The molecule has 1 aliphatic heterocycles. The third-order valence-corrected chi connectivity index (χ3v) is 7.02. The van der Waals surface area contributed by atoms with E-state index in [1.165, 1.54) is 0 Å². The number of halogens is 3. The second kappa shape index (κ2) is 12.7. The summed E-state index contributed by atoms with van der Waals surface area (Å²) in [6.45, 7) is 11.8. The van der Waals surface area contributed by atoms with Crippen molar-refractivity contribution < 1.29 is 19.3 Å². The van der Waals surface area contributed by atoms with Crippen molar-refractivity contribution in [3.05, 3.63) is 57.6 Å². The fraction of sp³-hybridized carbons (Fsp3) is 0.538. The van der Waals surface area contributed by atoms with Gasteiger partial charge in [0, 0.05) is 31.0 Å². The van der Waals surface area contributed by atoms with E-state index >= 15 is 0 Å². The molecule has 1 fully saturated rings.